The number of carbonyl (C=O) groups is 4. The Hall–Kier alpha value is -4.55. The van der Waals surface area contributed by atoms with Crippen LogP contribution < -0.4 is 21.7 Å². The van der Waals surface area contributed by atoms with Gasteiger partial charge in [-0.2, -0.15) is 0 Å². The Labute approximate surface area is 232 Å². The number of amides is 3. The highest BCUT2D eigenvalue weighted by Crippen LogP contribution is 2.14. The van der Waals surface area contributed by atoms with Crippen LogP contribution in [-0.4, -0.2) is 61.8 Å². The molecule has 0 aliphatic carbocycles. The van der Waals surface area contributed by atoms with Crippen LogP contribution in [0.4, 0.5) is 10.6 Å². The van der Waals surface area contributed by atoms with E-state index in [4.69, 9.17) is 10.5 Å². The van der Waals surface area contributed by atoms with Crippen LogP contribution in [0, 0.1) is 5.92 Å². The normalized spacial score (nSPS) is 12.5. The molecule has 2 aromatic heterocycles. The van der Waals surface area contributed by atoms with Gasteiger partial charge in [0, 0.05) is 13.1 Å². The lowest BCUT2D eigenvalue weighted by molar-refractivity contribution is -0.140. The zero-order valence-corrected chi connectivity index (χ0v) is 22.9. The number of ketones is 1. The number of hydrogen-bond donors (Lipinski definition) is 4. The van der Waals surface area contributed by atoms with Crippen LogP contribution in [0.25, 0.3) is 11.2 Å². The third-order valence-corrected chi connectivity index (χ3v) is 6.08. The first-order chi connectivity index (χ1) is 19.2. The van der Waals surface area contributed by atoms with E-state index in [-0.39, 0.29) is 31.3 Å². The first-order valence-electron chi connectivity index (χ1n) is 13.2. The molecule has 0 fully saturated rings. The summed E-state index contributed by atoms with van der Waals surface area (Å²) in [5.74, 6) is -1.78. The monoisotopic (exact) mass is 552 g/mol. The van der Waals surface area contributed by atoms with Gasteiger partial charge in [-0.3, -0.25) is 14.4 Å². The number of ether oxygens (including phenoxy) is 1. The summed E-state index contributed by atoms with van der Waals surface area (Å²) in [4.78, 5) is 63.0. The van der Waals surface area contributed by atoms with E-state index in [9.17, 15) is 19.2 Å². The summed E-state index contributed by atoms with van der Waals surface area (Å²) in [5, 5.41) is 7.79. The Morgan fingerprint density at radius 3 is 2.48 bits per heavy atom. The minimum Gasteiger partial charge on any atom is -0.445 e. The minimum atomic E-state index is -1.04. The Kier molecular flexibility index (Phi) is 10.9. The first kappa shape index (κ1) is 30.0. The molecule has 0 aliphatic heterocycles. The van der Waals surface area contributed by atoms with Crippen LogP contribution in [0.2, 0.25) is 0 Å². The molecule has 2 atom stereocenters. The molecular weight excluding hydrogens is 516 g/mol. The van der Waals surface area contributed by atoms with Crippen molar-refractivity contribution in [2.24, 2.45) is 5.92 Å². The van der Waals surface area contributed by atoms with Crippen molar-refractivity contribution in [2.45, 2.75) is 65.3 Å². The van der Waals surface area contributed by atoms with Gasteiger partial charge in [-0.15, -0.1) is 0 Å². The maximum atomic E-state index is 13.0. The largest absolute Gasteiger partial charge is 0.445 e. The van der Waals surface area contributed by atoms with Gasteiger partial charge in [0.1, 0.15) is 24.5 Å². The number of nitrogens with zero attached hydrogens (tertiary/aromatic N) is 4. The molecule has 40 heavy (non-hydrogen) atoms. The van der Waals surface area contributed by atoms with Gasteiger partial charge in [0.05, 0.1) is 12.4 Å². The Morgan fingerprint density at radius 1 is 1.02 bits per heavy atom. The average molecular weight is 553 g/mol. The summed E-state index contributed by atoms with van der Waals surface area (Å²) in [5.41, 5.74) is 7.68. The predicted octanol–water partition coefficient (Wildman–Crippen LogP) is 1.72. The molecule has 5 N–H and O–H groups in total. The van der Waals surface area contributed by atoms with Crippen molar-refractivity contribution in [2.75, 3.05) is 12.3 Å². The molecule has 13 nitrogen and oxygen atoms in total. The van der Waals surface area contributed by atoms with Crippen LogP contribution in [0.5, 0.6) is 0 Å². The lowest BCUT2D eigenvalue weighted by Crippen LogP contribution is -2.54. The van der Waals surface area contributed by atoms with Crippen molar-refractivity contribution in [1.82, 2.24) is 35.5 Å². The van der Waals surface area contributed by atoms with E-state index < -0.39 is 35.8 Å². The number of benzene rings is 1. The molecule has 3 rings (SSSR count). The number of aryl methyl sites for hydroxylation is 1. The number of imidazole rings is 1. The summed E-state index contributed by atoms with van der Waals surface area (Å²) < 4.78 is 7.02. The number of alkyl carbamates (subject to hydrolysis) is 1. The van der Waals surface area contributed by atoms with Crippen LogP contribution in [-0.2, 0) is 32.3 Å². The van der Waals surface area contributed by atoms with E-state index in [1.54, 1.807) is 17.8 Å². The molecule has 13 heteroatoms. The highest BCUT2D eigenvalue weighted by Gasteiger charge is 2.29. The molecule has 1 aromatic carbocycles. The maximum Gasteiger partial charge on any atom is 0.408 e. The fraction of sp³-hybridized carbons (Fsp3) is 0.444. The second-order valence-electron chi connectivity index (χ2n) is 9.70. The zero-order chi connectivity index (χ0) is 29.1. The van der Waals surface area contributed by atoms with E-state index in [1.807, 2.05) is 44.2 Å². The molecule has 214 valence electrons. The summed E-state index contributed by atoms with van der Waals surface area (Å²) in [6, 6.07) is 7.18. The molecule has 0 aliphatic rings. The lowest BCUT2D eigenvalue weighted by Gasteiger charge is -2.23. The first-order valence-corrected chi connectivity index (χ1v) is 13.2. The van der Waals surface area contributed by atoms with Crippen LogP contribution in [0.15, 0.2) is 43.0 Å². The maximum absolute atomic E-state index is 13.0. The fourth-order valence-corrected chi connectivity index (χ4v) is 3.99. The van der Waals surface area contributed by atoms with E-state index in [1.165, 1.54) is 6.33 Å². The number of nitrogens with one attached hydrogen (secondary N) is 3. The molecule has 0 saturated heterocycles. The van der Waals surface area contributed by atoms with Crippen LogP contribution >= 0.6 is 0 Å². The molecule has 0 spiro atoms. The van der Waals surface area contributed by atoms with Crippen molar-refractivity contribution in [1.29, 1.82) is 0 Å². The average Bonchev–Trinajstić information content (AvgIpc) is 3.36. The van der Waals surface area contributed by atoms with Gasteiger partial charge in [-0.25, -0.2) is 19.7 Å². The van der Waals surface area contributed by atoms with Crippen molar-refractivity contribution in [3.63, 3.8) is 0 Å². The van der Waals surface area contributed by atoms with Crippen molar-refractivity contribution < 1.29 is 23.9 Å². The van der Waals surface area contributed by atoms with Gasteiger partial charge in [0.2, 0.25) is 11.7 Å². The number of rotatable bonds is 14. The smallest absolute Gasteiger partial charge is 0.408 e. The second-order valence-corrected chi connectivity index (χ2v) is 9.70. The summed E-state index contributed by atoms with van der Waals surface area (Å²) in [7, 11) is 0. The molecule has 0 unspecified atom stereocenters. The fourth-order valence-electron chi connectivity index (χ4n) is 3.99. The third kappa shape index (κ3) is 8.48. The minimum absolute atomic E-state index is 0.0534. The Bertz CT molecular complexity index is 1310. The number of nitrogen functional groups attached to an aromatic ring is 1. The summed E-state index contributed by atoms with van der Waals surface area (Å²) in [6.45, 7) is 6.26. The lowest BCUT2D eigenvalue weighted by atomic mass is 10.0. The highest BCUT2D eigenvalue weighted by molar-refractivity contribution is 6.38. The number of fused-ring (bicyclic) bond motifs is 1. The number of Topliss-reactive ketones (excluding diaryl/α,β-unsaturated/α-hetero) is 1. The van der Waals surface area contributed by atoms with Gasteiger partial charge in [-0.05, 0) is 30.7 Å². The van der Waals surface area contributed by atoms with Gasteiger partial charge in [0.25, 0.3) is 5.91 Å². The third-order valence-electron chi connectivity index (χ3n) is 6.08. The molecule has 0 radical (unpaired) electrons. The van der Waals surface area contributed by atoms with Crippen molar-refractivity contribution >= 4 is 40.7 Å². The molecule has 0 saturated carbocycles. The predicted molar refractivity (Wildman–Crippen MR) is 148 cm³/mol. The molecule has 3 amide bonds. The molecular formula is C27H36N8O5. The van der Waals surface area contributed by atoms with Gasteiger partial charge < -0.3 is 31.0 Å². The molecule has 2 heterocycles. The number of carbonyl (C=O) groups excluding carboxylic acids is 4. The topological polar surface area (TPSA) is 183 Å². The van der Waals surface area contributed by atoms with Crippen molar-refractivity contribution in [3.05, 3.63) is 48.5 Å². The standard InChI is InChI=1S/C27H36N8O5/c1-4-19(22(36)26(38)29-11-8-12-35-16-32-21-23(28)30-15-31-24(21)35)33-25(37)20(13-17(2)3)34-27(39)40-14-18-9-6-5-7-10-18/h5-7,9-10,15-17,19-20H,4,8,11-14H2,1-3H3,(H,29,38)(H,33,37)(H,34,39)(H2,28,30,31)/t19-,20-/m0/s1. The molecule has 3 aromatic rings. The number of hydrogen-bond acceptors (Lipinski definition) is 9. The number of aromatic nitrogens is 4. The quantitative estimate of drug-likeness (QED) is 0.171. The molecule has 0 bridgehead atoms. The highest BCUT2D eigenvalue weighted by atomic mass is 16.5. The Balaban J connectivity index is 1.49. The SMILES string of the molecule is CC[C@H](NC(=O)[C@H](CC(C)C)NC(=O)OCc1ccccc1)C(=O)C(=O)NCCCn1cnc2c(N)ncnc21. The van der Waals surface area contributed by atoms with Gasteiger partial charge in [0.15, 0.2) is 11.5 Å². The van der Waals surface area contributed by atoms with E-state index >= 15 is 0 Å². The van der Waals surface area contributed by atoms with E-state index in [2.05, 4.69) is 30.9 Å². The van der Waals surface area contributed by atoms with Gasteiger partial charge >= 0.3 is 6.09 Å². The Morgan fingerprint density at radius 2 is 1.77 bits per heavy atom. The van der Waals surface area contributed by atoms with Crippen LogP contribution in [0.1, 0.15) is 45.6 Å². The second kappa shape index (κ2) is 14.6. The number of anilines is 1. The summed E-state index contributed by atoms with van der Waals surface area (Å²) >= 11 is 0. The van der Waals surface area contributed by atoms with Crippen LogP contribution in [0.3, 0.4) is 0 Å². The van der Waals surface area contributed by atoms with E-state index in [0.717, 1.165) is 5.56 Å². The zero-order valence-electron chi connectivity index (χ0n) is 22.9. The number of nitrogens with two attached hydrogens (primary N) is 1. The van der Waals surface area contributed by atoms with Crippen molar-refractivity contribution in [3.8, 4) is 0 Å². The summed E-state index contributed by atoms with van der Waals surface area (Å²) in [6.07, 6.45) is 3.22. The van der Waals surface area contributed by atoms with E-state index in [0.29, 0.717) is 30.6 Å². The van der Waals surface area contributed by atoms with Gasteiger partial charge in [-0.1, -0.05) is 51.1 Å².